The quantitative estimate of drug-likeness (QED) is 0.422. The van der Waals surface area contributed by atoms with Gasteiger partial charge in [0.2, 0.25) is 0 Å². The summed E-state index contributed by atoms with van der Waals surface area (Å²) in [6, 6.07) is 29.8. The van der Waals surface area contributed by atoms with E-state index >= 15 is 0 Å². The molecule has 4 rings (SSSR count). The van der Waals surface area contributed by atoms with Gasteiger partial charge >= 0.3 is 0 Å². The monoisotopic (exact) mass is 374 g/mol. The highest BCUT2D eigenvalue weighted by Gasteiger charge is 2.18. The van der Waals surface area contributed by atoms with Crippen molar-refractivity contribution in [1.29, 1.82) is 0 Å². The van der Waals surface area contributed by atoms with Crippen molar-refractivity contribution in [3.05, 3.63) is 114 Å². The Labute approximate surface area is 161 Å². The summed E-state index contributed by atoms with van der Waals surface area (Å²) in [6.07, 6.45) is 7.85. The highest BCUT2D eigenvalue weighted by Crippen LogP contribution is 2.52. The highest BCUT2D eigenvalue weighted by molar-refractivity contribution is 7.93. The highest BCUT2D eigenvalue weighted by atomic mass is 35.7. The summed E-state index contributed by atoms with van der Waals surface area (Å²) >= 11 is 6.94. The van der Waals surface area contributed by atoms with Crippen LogP contribution in [0.15, 0.2) is 108 Å². The van der Waals surface area contributed by atoms with Crippen LogP contribution in [0.25, 0.3) is 11.1 Å². The Morgan fingerprint density at radius 3 is 2.23 bits per heavy atom. The summed E-state index contributed by atoms with van der Waals surface area (Å²) in [5, 5.41) is 2.44. The zero-order valence-corrected chi connectivity index (χ0v) is 16.1. The Kier molecular flexibility index (Phi) is 5.34. The molecule has 0 saturated heterocycles. The number of halogens is 1. The van der Waals surface area contributed by atoms with Crippen LogP contribution in [0, 0.1) is 0 Å². The summed E-state index contributed by atoms with van der Waals surface area (Å²) in [6.45, 7) is 0. The minimum Gasteiger partial charge on any atom is -0.0859 e. The van der Waals surface area contributed by atoms with Gasteiger partial charge in [-0.2, -0.15) is 0 Å². The molecule has 0 heterocycles. The van der Waals surface area contributed by atoms with Crippen LogP contribution in [-0.2, 0) is 0 Å². The summed E-state index contributed by atoms with van der Waals surface area (Å²) in [5.74, 6) is 0.414. The first-order chi connectivity index (χ1) is 12.8. The minimum atomic E-state index is -0.871. The second kappa shape index (κ2) is 8.04. The molecule has 2 atom stereocenters. The number of hydrogen-bond acceptors (Lipinski definition) is 0. The van der Waals surface area contributed by atoms with Crippen LogP contribution in [0.2, 0.25) is 0 Å². The third-order valence-corrected chi connectivity index (χ3v) is 7.34. The van der Waals surface area contributed by atoms with Gasteiger partial charge in [0.05, 0.1) is 7.27 Å². The van der Waals surface area contributed by atoms with Crippen LogP contribution < -0.4 is 5.30 Å². The summed E-state index contributed by atoms with van der Waals surface area (Å²) in [7, 11) is -0.871. The van der Waals surface area contributed by atoms with Gasteiger partial charge in [-0.25, -0.2) is 0 Å². The van der Waals surface area contributed by atoms with E-state index in [9.17, 15) is 0 Å². The van der Waals surface area contributed by atoms with Crippen LogP contribution in [0.5, 0.6) is 0 Å². The zero-order chi connectivity index (χ0) is 17.8. The SMILES string of the molecule is ClP(C1=CC(c2ccccc2)CC=C1)c1cccc(-c2ccccc2)c1. The third-order valence-electron chi connectivity index (χ3n) is 4.68. The lowest BCUT2D eigenvalue weighted by Gasteiger charge is -2.20. The maximum absolute atomic E-state index is 6.94. The van der Waals surface area contributed by atoms with Gasteiger partial charge in [-0.05, 0) is 39.8 Å². The average Bonchev–Trinajstić information content (AvgIpc) is 2.75. The maximum Gasteiger partial charge on any atom is 0.0521 e. The van der Waals surface area contributed by atoms with Gasteiger partial charge < -0.3 is 0 Å². The largest absolute Gasteiger partial charge is 0.0859 e. The first kappa shape index (κ1) is 17.3. The van der Waals surface area contributed by atoms with Crippen LogP contribution in [-0.4, -0.2) is 0 Å². The Bertz CT molecular complexity index is 929. The summed E-state index contributed by atoms with van der Waals surface area (Å²) in [4.78, 5) is 0. The van der Waals surface area contributed by atoms with Gasteiger partial charge in [-0.15, -0.1) is 0 Å². The topological polar surface area (TPSA) is 0 Å². The molecule has 0 bridgehead atoms. The molecule has 0 aliphatic heterocycles. The molecule has 0 N–H and O–H groups in total. The molecule has 3 aromatic carbocycles. The molecular weight excluding hydrogens is 355 g/mol. The molecule has 1 aliphatic rings. The fourth-order valence-electron chi connectivity index (χ4n) is 3.32. The van der Waals surface area contributed by atoms with Crippen LogP contribution in [0.4, 0.5) is 0 Å². The van der Waals surface area contributed by atoms with Crippen LogP contribution in [0.1, 0.15) is 17.9 Å². The third kappa shape index (κ3) is 3.83. The Balaban J connectivity index is 1.62. The molecule has 26 heavy (non-hydrogen) atoms. The van der Waals surface area contributed by atoms with Crippen molar-refractivity contribution in [2.45, 2.75) is 12.3 Å². The van der Waals surface area contributed by atoms with Gasteiger partial charge in [0, 0.05) is 5.92 Å². The fourth-order valence-corrected chi connectivity index (χ4v) is 5.28. The van der Waals surface area contributed by atoms with E-state index in [1.165, 1.54) is 27.3 Å². The van der Waals surface area contributed by atoms with E-state index in [1.54, 1.807) is 0 Å². The molecule has 0 aromatic heterocycles. The summed E-state index contributed by atoms with van der Waals surface area (Å²) in [5.41, 5.74) is 3.80. The number of allylic oxidation sites excluding steroid dienone is 4. The van der Waals surface area contributed by atoms with E-state index in [1.807, 2.05) is 6.07 Å². The minimum absolute atomic E-state index is 0.414. The molecule has 1 aliphatic carbocycles. The van der Waals surface area contributed by atoms with Crippen LogP contribution >= 0.6 is 18.5 Å². The van der Waals surface area contributed by atoms with E-state index in [0.29, 0.717) is 5.92 Å². The lowest BCUT2D eigenvalue weighted by Crippen LogP contribution is -2.03. The zero-order valence-electron chi connectivity index (χ0n) is 14.4. The smallest absolute Gasteiger partial charge is 0.0521 e. The molecule has 0 radical (unpaired) electrons. The Morgan fingerprint density at radius 2 is 1.46 bits per heavy atom. The molecule has 0 fully saturated rings. The van der Waals surface area contributed by atoms with Gasteiger partial charge in [-0.1, -0.05) is 108 Å². The molecule has 2 heteroatoms. The van der Waals surface area contributed by atoms with E-state index < -0.39 is 7.27 Å². The number of benzene rings is 3. The van der Waals surface area contributed by atoms with Crippen LogP contribution in [0.3, 0.4) is 0 Å². The Morgan fingerprint density at radius 1 is 0.769 bits per heavy atom. The number of hydrogen-bond donors (Lipinski definition) is 0. The van der Waals surface area contributed by atoms with E-state index in [-0.39, 0.29) is 0 Å². The molecule has 2 unspecified atom stereocenters. The van der Waals surface area contributed by atoms with E-state index in [2.05, 4.69) is 97.1 Å². The standard InChI is InChI=1S/C24H20ClP/c25-26(23-15-7-13-21(17-23)19-9-3-1-4-10-19)24-16-8-14-22(18-24)20-11-5-2-6-12-20/h1-13,15-18,22H,14H2. The van der Waals surface area contributed by atoms with Crippen molar-refractivity contribution in [3.63, 3.8) is 0 Å². The van der Waals surface area contributed by atoms with Crippen molar-refractivity contribution >= 4 is 23.8 Å². The first-order valence-corrected chi connectivity index (χ1v) is 11.1. The summed E-state index contributed by atoms with van der Waals surface area (Å²) < 4.78 is 0. The maximum atomic E-state index is 6.94. The van der Waals surface area contributed by atoms with Gasteiger partial charge in [-0.3, -0.25) is 0 Å². The predicted octanol–water partition coefficient (Wildman–Crippen LogP) is 7.24. The van der Waals surface area contributed by atoms with Crippen molar-refractivity contribution < 1.29 is 0 Å². The molecular formula is C24H20ClP. The van der Waals surface area contributed by atoms with Crippen molar-refractivity contribution in [2.75, 3.05) is 0 Å². The average molecular weight is 375 g/mol. The van der Waals surface area contributed by atoms with Gasteiger partial charge in [0.25, 0.3) is 0 Å². The lowest BCUT2D eigenvalue weighted by atomic mass is 9.93. The van der Waals surface area contributed by atoms with Crippen molar-refractivity contribution in [2.24, 2.45) is 0 Å². The molecule has 128 valence electrons. The second-order valence-electron chi connectivity index (χ2n) is 6.44. The molecule has 3 aromatic rings. The van der Waals surface area contributed by atoms with Crippen molar-refractivity contribution in [3.8, 4) is 11.1 Å². The second-order valence-corrected chi connectivity index (χ2v) is 9.05. The predicted molar refractivity (Wildman–Crippen MR) is 115 cm³/mol. The van der Waals surface area contributed by atoms with E-state index in [0.717, 1.165) is 6.42 Å². The molecule has 0 spiro atoms. The number of rotatable bonds is 4. The van der Waals surface area contributed by atoms with Gasteiger partial charge in [0.1, 0.15) is 0 Å². The fraction of sp³-hybridized carbons (Fsp3) is 0.0833. The normalized spacial score (nSPS) is 17.6. The molecule has 0 saturated carbocycles. The Hall–Kier alpha value is -2.14. The van der Waals surface area contributed by atoms with E-state index in [4.69, 9.17) is 11.2 Å². The first-order valence-electron chi connectivity index (χ1n) is 8.86. The molecule has 0 nitrogen and oxygen atoms in total. The lowest BCUT2D eigenvalue weighted by molar-refractivity contribution is 0.851. The van der Waals surface area contributed by atoms with Gasteiger partial charge in [0.15, 0.2) is 0 Å². The van der Waals surface area contributed by atoms with Crippen molar-refractivity contribution in [1.82, 2.24) is 0 Å². The molecule has 0 amide bonds.